The fourth-order valence-corrected chi connectivity index (χ4v) is 3.86. The van der Waals surface area contributed by atoms with E-state index in [0.717, 1.165) is 45.1 Å². The standard InChI is InChI=1S/C18H32N2O3/c1-17(2,3)16(22)20-11-7-8-14(12-20)15(21)19(4)13-18(23)9-5-6-10-18/h14,23H,5-13H2,1-4H3. The molecule has 2 amide bonds. The van der Waals surface area contributed by atoms with Crippen molar-refractivity contribution in [1.82, 2.24) is 9.80 Å². The third-order valence-corrected chi connectivity index (χ3v) is 5.14. The first-order chi connectivity index (χ1) is 10.6. The molecule has 132 valence electrons. The molecule has 0 bridgehead atoms. The first-order valence-electron chi connectivity index (χ1n) is 8.89. The van der Waals surface area contributed by atoms with Crippen molar-refractivity contribution in [3.63, 3.8) is 0 Å². The molecule has 1 heterocycles. The van der Waals surface area contributed by atoms with Crippen LogP contribution in [0.3, 0.4) is 0 Å². The molecule has 5 nitrogen and oxygen atoms in total. The summed E-state index contributed by atoms with van der Waals surface area (Å²) in [5, 5.41) is 10.5. The van der Waals surface area contributed by atoms with Crippen LogP contribution in [0.15, 0.2) is 0 Å². The van der Waals surface area contributed by atoms with Crippen molar-refractivity contribution in [3.05, 3.63) is 0 Å². The number of carbonyl (C=O) groups excluding carboxylic acids is 2. The van der Waals surface area contributed by atoms with Crippen molar-refractivity contribution in [2.45, 2.75) is 64.9 Å². The Kier molecular flexibility index (Phi) is 5.39. The van der Waals surface area contributed by atoms with Gasteiger partial charge >= 0.3 is 0 Å². The van der Waals surface area contributed by atoms with Crippen molar-refractivity contribution in [3.8, 4) is 0 Å². The summed E-state index contributed by atoms with van der Waals surface area (Å²) >= 11 is 0. The second-order valence-electron chi connectivity index (χ2n) is 8.47. The van der Waals surface area contributed by atoms with E-state index in [1.807, 2.05) is 25.7 Å². The van der Waals surface area contributed by atoms with E-state index in [1.165, 1.54) is 0 Å². The summed E-state index contributed by atoms with van der Waals surface area (Å²) in [7, 11) is 1.78. The molecule has 23 heavy (non-hydrogen) atoms. The molecular weight excluding hydrogens is 292 g/mol. The van der Waals surface area contributed by atoms with Crippen LogP contribution in [0.5, 0.6) is 0 Å². The van der Waals surface area contributed by atoms with Gasteiger partial charge in [-0.15, -0.1) is 0 Å². The van der Waals surface area contributed by atoms with E-state index in [4.69, 9.17) is 0 Å². The molecular formula is C18H32N2O3. The fraction of sp³-hybridized carbons (Fsp3) is 0.889. The van der Waals surface area contributed by atoms with Crippen molar-refractivity contribution in [2.75, 3.05) is 26.7 Å². The minimum Gasteiger partial charge on any atom is -0.388 e. The lowest BCUT2D eigenvalue weighted by Crippen LogP contribution is -2.50. The summed E-state index contributed by atoms with van der Waals surface area (Å²) in [4.78, 5) is 28.7. The van der Waals surface area contributed by atoms with E-state index in [9.17, 15) is 14.7 Å². The monoisotopic (exact) mass is 324 g/mol. The molecule has 2 fully saturated rings. The molecule has 0 spiro atoms. The van der Waals surface area contributed by atoms with Gasteiger partial charge in [0.05, 0.1) is 11.5 Å². The highest BCUT2D eigenvalue weighted by Crippen LogP contribution is 2.31. The number of piperidine rings is 1. The molecule has 0 aromatic rings. The van der Waals surface area contributed by atoms with E-state index >= 15 is 0 Å². The Morgan fingerprint density at radius 2 is 1.83 bits per heavy atom. The van der Waals surface area contributed by atoms with Crippen LogP contribution in [-0.4, -0.2) is 59.0 Å². The van der Waals surface area contributed by atoms with Gasteiger partial charge in [0.2, 0.25) is 11.8 Å². The quantitative estimate of drug-likeness (QED) is 0.864. The van der Waals surface area contributed by atoms with Crippen LogP contribution in [0.1, 0.15) is 59.3 Å². The Balaban J connectivity index is 1.94. The van der Waals surface area contributed by atoms with Crippen molar-refractivity contribution in [1.29, 1.82) is 0 Å². The smallest absolute Gasteiger partial charge is 0.227 e. The Labute approximate surface area is 140 Å². The zero-order valence-electron chi connectivity index (χ0n) is 15.1. The highest BCUT2D eigenvalue weighted by molar-refractivity contribution is 5.83. The summed E-state index contributed by atoms with van der Waals surface area (Å²) in [6, 6.07) is 0. The predicted molar refractivity (Wildman–Crippen MR) is 89.8 cm³/mol. The summed E-state index contributed by atoms with van der Waals surface area (Å²) in [5.41, 5.74) is -1.12. The maximum atomic E-state index is 12.7. The lowest BCUT2D eigenvalue weighted by molar-refractivity contribution is -0.146. The molecule has 2 aliphatic rings. The number of likely N-dealkylation sites (N-methyl/N-ethyl adjacent to an activating group) is 1. The Bertz CT molecular complexity index is 450. The van der Waals surface area contributed by atoms with Crippen molar-refractivity contribution >= 4 is 11.8 Å². The maximum absolute atomic E-state index is 12.7. The minimum atomic E-state index is -0.708. The highest BCUT2D eigenvalue weighted by Gasteiger charge is 2.37. The molecule has 1 aliphatic heterocycles. The number of nitrogens with zero attached hydrogens (tertiary/aromatic N) is 2. The summed E-state index contributed by atoms with van der Waals surface area (Å²) in [6.45, 7) is 7.42. The molecule has 2 rings (SSSR count). The van der Waals surface area contributed by atoms with Crippen LogP contribution in [0, 0.1) is 11.3 Å². The molecule has 1 unspecified atom stereocenters. The van der Waals surface area contributed by atoms with Crippen molar-refractivity contribution in [2.24, 2.45) is 11.3 Å². The third-order valence-electron chi connectivity index (χ3n) is 5.14. The zero-order chi connectivity index (χ0) is 17.3. The third kappa shape index (κ3) is 4.46. The Morgan fingerprint density at radius 3 is 2.39 bits per heavy atom. The number of likely N-dealkylation sites (tertiary alicyclic amines) is 1. The highest BCUT2D eigenvalue weighted by atomic mass is 16.3. The SMILES string of the molecule is CN(CC1(O)CCCC1)C(=O)C1CCCN(C(=O)C(C)(C)C)C1. The van der Waals surface area contributed by atoms with Gasteiger partial charge in [-0.25, -0.2) is 0 Å². The van der Waals surface area contributed by atoms with Crippen LogP contribution in [-0.2, 0) is 9.59 Å². The van der Waals surface area contributed by atoms with Crippen molar-refractivity contribution < 1.29 is 14.7 Å². The van der Waals surface area contributed by atoms with Gasteiger partial charge in [-0.1, -0.05) is 33.6 Å². The zero-order valence-corrected chi connectivity index (χ0v) is 15.1. The molecule has 1 N–H and O–H groups in total. The Hall–Kier alpha value is -1.10. The van der Waals surface area contributed by atoms with Gasteiger partial charge in [0.15, 0.2) is 0 Å². The summed E-state index contributed by atoms with van der Waals surface area (Å²) < 4.78 is 0. The van der Waals surface area contributed by atoms with E-state index in [1.54, 1.807) is 11.9 Å². The van der Waals surface area contributed by atoms with Gasteiger partial charge in [0, 0.05) is 32.1 Å². The molecule has 0 aromatic heterocycles. The summed E-state index contributed by atoms with van der Waals surface area (Å²) in [6.07, 6.45) is 5.34. The number of amides is 2. The first-order valence-corrected chi connectivity index (χ1v) is 8.89. The molecule has 0 aromatic carbocycles. The topological polar surface area (TPSA) is 60.9 Å². The Morgan fingerprint density at radius 1 is 1.22 bits per heavy atom. The van der Waals surface area contributed by atoms with Gasteiger partial charge < -0.3 is 14.9 Å². The average molecular weight is 324 g/mol. The maximum Gasteiger partial charge on any atom is 0.227 e. The van der Waals surface area contributed by atoms with E-state index in [0.29, 0.717) is 13.1 Å². The van der Waals surface area contributed by atoms with E-state index in [2.05, 4.69) is 0 Å². The molecule has 1 saturated heterocycles. The molecule has 1 atom stereocenters. The van der Waals surface area contributed by atoms with Gasteiger partial charge in [-0.2, -0.15) is 0 Å². The number of aliphatic hydroxyl groups is 1. The number of carbonyl (C=O) groups is 2. The molecule has 1 aliphatic carbocycles. The molecule has 0 radical (unpaired) electrons. The van der Waals surface area contributed by atoms with Crippen LogP contribution in [0.2, 0.25) is 0 Å². The van der Waals surface area contributed by atoms with Gasteiger partial charge in [-0.3, -0.25) is 9.59 Å². The largest absolute Gasteiger partial charge is 0.388 e. The number of rotatable bonds is 3. The number of hydrogen-bond donors (Lipinski definition) is 1. The lowest BCUT2D eigenvalue weighted by atomic mass is 9.90. The minimum absolute atomic E-state index is 0.0664. The lowest BCUT2D eigenvalue weighted by Gasteiger charge is -2.38. The summed E-state index contributed by atoms with van der Waals surface area (Å²) in [5.74, 6) is 0.0499. The van der Waals surface area contributed by atoms with Crippen LogP contribution in [0.25, 0.3) is 0 Å². The first kappa shape index (κ1) is 18.2. The molecule has 5 heteroatoms. The molecule has 1 saturated carbocycles. The average Bonchev–Trinajstić information content (AvgIpc) is 2.91. The number of hydrogen-bond acceptors (Lipinski definition) is 3. The van der Waals surface area contributed by atoms with Crippen LogP contribution >= 0.6 is 0 Å². The van der Waals surface area contributed by atoms with Crippen LogP contribution < -0.4 is 0 Å². The fourth-order valence-electron chi connectivity index (χ4n) is 3.86. The van der Waals surface area contributed by atoms with Gasteiger partial charge in [0.1, 0.15) is 0 Å². The van der Waals surface area contributed by atoms with Gasteiger partial charge in [-0.05, 0) is 25.7 Å². The van der Waals surface area contributed by atoms with Crippen LogP contribution in [0.4, 0.5) is 0 Å². The normalized spacial score (nSPS) is 24.6. The van der Waals surface area contributed by atoms with E-state index in [-0.39, 0.29) is 17.7 Å². The second-order valence-corrected chi connectivity index (χ2v) is 8.47. The van der Waals surface area contributed by atoms with E-state index < -0.39 is 11.0 Å². The predicted octanol–water partition coefficient (Wildman–Crippen LogP) is 2.03. The second kappa shape index (κ2) is 6.80. The van der Waals surface area contributed by atoms with Gasteiger partial charge in [0.25, 0.3) is 0 Å².